The molecule has 3 saturated carbocycles. The first-order valence-electron chi connectivity index (χ1n) is 23.2. The quantitative estimate of drug-likeness (QED) is 0.0658. The van der Waals surface area contributed by atoms with E-state index in [9.17, 15) is 24.3 Å². The van der Waals surface area contributed by atoms with Crippen LogP contribution in [0.5, 0.6) is 0 Å². The largest absolute Gasteiger partial charge is 0.481 e. The number of allylic oxidation sites excluding steroid dienone is 2. The highest BCUT2D eigenvalue weighted by Gasteiger charge is 2.57. The number of anilines is 2. The average molecular weight is 909 g/mol. The van der Waals surface area contributed by atoms with Crippen molar-refractivity contribution >= 4 is 58.3 Å². The van der Waals surface area contributed by atoms with Crippen LogP contribution in [0.2, 0.25) is 10.0 Å². The predicted molar refractivity (Wildman–Crippen MR) is 249 cm³/mol. The molecule has 12 nitrogen and oxygen atoms in total. The van der Waals surface area contributed by atoms with Crippen molar-refractivity contribution in [3.63, 3.8) is 0 Å². The first-order valence-corrected chi connectivity index (χ1v) is 24.0. The maximum Gasteiger partial charge on any atom is 0.309 e. The molecule has 0 radical (unpaired) electrons. The van der Waals surface area contributed by atoms with Crippen molar-refractivity contribution in [2.24, 2.45) is 48.4 Å². The molecule has 64 heavy (non-hydrogen) atoms. The smallest absolute Gasteiger partial charge is 0.309 e. The number of fused-ring (bicyclic) bond motifs is 4. The summed E-state index contributed by atoms with van der Waals surface area (Å²) in [5, 5.41) is 16.4. The lowest BCUT2D eigenvalue weighted by Gasteiger charge is -2.27. The van der Waals surface area contributed by atoms with Gasteiger partial charge >= 0.3 is 5.97 Å². The molecule has 4 aromatic rings. The number of nitrogens with two attached hydrogens (primary N) is 1. The third-order valence-corrected chi connectivity index (χ3v) is 16.9. The van der Waals surface area contributed by atoms with Gasteiger partial charge in [0.25, 0.3) is 11.8 Å². The SMILES string of the molecule is Cn1c(C(=O)Nc2cccc(-c3cccc(NC(=O)c4nc5c(n4C)CCC(C4CCCC(C(N)=O)CC4)CC5)c3Cl)c2Cl)nc2c1CCC(CCC13CCC(C(=O)O)(CC1)C3)=CC2. The Balaban J connectivity index is 0.837. The number of carboxylic acids is 1. The number of halogens is 2. The summed E-state index contributed by atoms with van der Waals surface area (Å²) in [7, 11) is 3.78. The Bertz CT molecular complexity index is 2550. The van der Waals surface area contributed by atoms with Gasteiger partial charge in [-0.25, -0.2) is 9.97 Å². The number of hydrogen-bond donors (Lipinski definition) is 4. The molecule has 2 heterocycles. The highest BCUT2D eigenvalue weighted by Crippen LogP contribution is 2.63. The number of carbonyl (C=O) groups excluding carboxylic acids is 3. The fraction of sp³-hybridized carbons (Fsp3) is 0.520. The van der Waals surface area contributed by atoms with Gasteiger partial charge in [0.1, 0.15) is 0 Å². The molecule has 2 aromatic heterocycles. The Morgan fingerprint density at radius 1 is 0.750 bits per heavy atom. The summed E-state index contributed by atoms with van der Waals surface area (Å²) < 4.78 is 3.80. The van der Waals surface area contributed by atoms with Crippen LogP contribution < -0.4 is 16.4 Å². The summed E-state index contributed by atoms with van der Waals surface area (Å²) in [4.78, 5) is 61.1. The number of carboxylic acid groups (broad SMARTS) is 1. The van der Waals surface area contributed by atoms with E-state index in [0.29, 0.717) is 62.5 Å². The predicted octanol–water partition coefficient (Wildman–Crippen LogP) is 10.0. The van der Waals surface area contributed by atoms with E-state index >= 15 is 0 Å². The molecular weight excluding hydrogens is 849 g/mol. The van der Waals surface area contributed by atoms with Crippen LogP contribution in [0.4, 0.5) is 11.4 Å². The number of hydrogen-bond acceptors (Lipinski definition) is 6. The summed E-state index contributed by atoms with van der Waals surface area (Å²) in [5.74, 6) is 0.248. The van der Waals surface area contributed by atoms with Gasteiger partial charge in [0.05, 0.1) is 38.2 Å². The molecule has 338 valence electrons. The lowest BCUT2D eigenvalue weighted by atomic mass is 9.78. The number of nitrogens with one attached hydrogen (secondary N) is 2. The van der Waals surface area contributed by atoms with Gasteiger partial charge < -0.3 is 30.6 Å². The zero-order valence-electron chi connectivity index (χ0n) is 36.9. The van der Waals surface area contributed by atoms with Crippen molar-refractivity contribution in [1.82, 2.24) is 19.1 Å². The normalized spacial score (nSPS) is 25.3. The molecule has 0 spiro atoms. The first kappa shape index (κ1) is 44.3. The van der Waals surface area contributed by atoms with Gasteiger partial charge in [-0.15, -0.1) is 0 Å². The third-order valence-electron chi connectivity index (χ3n) is 16.0. The van der Waals surface area contributed by atoms with E-state index in [1.807, 2.05) is 35.4 Å². The number of rotatable bonds is 11. The van der Waals surface area contributed by atoms with Crippen LogP contribution >= 0.6 is 23.2 Å². The number of carbonyl (C=O) groups is 4. The highest BCUT2D eigenvalue weighted by molar-refractivity contribution is 6.40. The van der Waals surface area contributed by atoms with Gasteiger partial charge in [-0.1, -0.05) is 72.0 Å². The number of aliphatic carboxylic acids is 1. The zero-order valence-corrected chi connectivity index (χ0v) is 38.4. The van der Waals surface area contributed by atoms with E-state index in [1.54, 1.807) is 24.3 Å². The van der Waals surface area contributed by atoms with Crippen LogP contribution in [0.25, 0.3) is 11.1 Å². The van der Waals surface area contributed by atoms with Gasteiger partial charge in [0.2, 0.25) is 5.91 Å². The van der Waals surface area contributed by atoms with Gasteiger partial charge in [0, 0.05) is 48.9 Å². The Labute approximate surface area is 384 Å². The average Bonchev–Trinajstić information content (AvgIpc) is 3.85. The Morgan fingerprint density at radius 2 is 1.34 bits per heavy atom. The van der Waals surface area contributed by atoms with Gasteiger partial charge in [-0.2, -0.15) is 0 Å². The van der Waals surface area contributed by atoms with E-state index in [1.165, 1.54) is 5.57 Å². The fourth-order valence-electron chi connectivity index (χ4n) is 12.2. The Hall–Kier alpha value is -4.94. The number of primary amides is 1. The monoisotopic (exact) mass is 907 g/mol. The summed E-state index contributed by atoms with van der Waals surface area (Å²) in [6.45, 7) is 0. The molecule has 2 aromatic carbocycles. The van der Waals surface area contributed by atoms with Crippen LogP contribution in [0.3, 0.4) is 0 Å². The second kappa shape index (κ2) is 17.8. The number of benzene rings is 2. The number of amides is 3. The molecule has 3 unspecified atom stereocenters. The van der Waals surface area contributed by atoms with Gasteiger partial charge in [-0.3, -0.25) is 19.2 Å². The zero-order chi connectivity index (χ0) is 44.9. The molecule has 0 aliphatic heterocycles. The number of aryl methyl sites for hydroxylation is 1. The van der Waals surface area contributed by atoms with Crippen molar-refractivity contribution in [2.75, 3.05) is 10.6 Å². The molecule has 5 aliphatic carbocycles. The molecule has 5 aliphatic rings. The second-order valence-electron chi connectivity index (χ2n) is 19.6. The number of aromatic nitrogens is 4. The van der Waals surface area contributed by atoms with Crippen LogP contribution in [0, 0.1) is 28.6 Å². The minimum Gasteiger partial charge on any atom is -0.481 e. The molecule has 3 amide bonds. The Kier molecular flexibility index (Phi) is 12.3. The van der Waals surface area contributed by atoms with E-state index < -0.39 is 11.4 Å². The van der Waals surface area contributed by atoms with Crippen molar-refractivity contribution in [1.29, 1.82) is 0 Å². The highest BCUT2D eigenvalue weighted by atomic mass is 35.5. The van der Waals surface area contributed by atoms with Crippen molar-refractivity contribution < 1.29 is 24.3 Å². The third kappa shape index (κ3) is 8.41. The molecule has 9 rings (SSSR count). The molecule has 5 N–H and O–H groups in total. The van der Waals surface area contributed by atoms with E-state index in [0.717, 1.165) is 138 Å². The minimum absolute atomic E-state index is 0.00533. The maximum absolute atomic E-state index is 13.8. The van der Waals surface area contributed by atoms with Crippen molar-refractivity contribution in [2.45, 2.75) is 122 Å². The maximum atomic E-state index is 13.8. The Morgan fingerprint density at radius 3 is 1.95 bits per heavy atom. The van der Waals surface area contributed by atoms with Crippen LogP contribution in [0.15, 0.2) is 48.0 Å². The molecule has 3 fully saturated rings. The molecule has 3 atom stereocenters. The lowest BCUT2D eigenvalue weighted by molar-refractivity contribution is -0.148. The molecule has 0 saturated heterocycles. The first-order chi connectivity index (χ1) is 30.7. The molecule has 2 bridgehead atoms. The topological polar surface area (TPSA) is 174 Å². The van der Waals surface area contributed by atoms with Gasteiger partial charge in [0.15, 0.2) is 11.6 Å². The van der Waals surface area contributed by atoms with E-state index in [2.05, 4.69) is 16.7 Å². The number of nitrogens with zero attached hydrogens (tertiary/aromatic N) is 4. The van der Waals surface area contributed by atoms with Crippen molar-refractivity contribution in [3.05, 3.63) is 92.5 Å². The minimum atomic E-state index is -0.618. The second-order valence-corrected chi connectivity index (χ2v) is 20.3. The molecule has 14 heteroatoms. The summed E-state index contributed by atoms with van der Waals surface area (Å²) in [6, 6.07) is 10.7. The summed E-state index contributed by atoms with van der Waals surface area (Å²) in [6.07, 6.45) is 19.7. The van der Waals surface area contributed by atoms with E-state index in [4.69, 9.17) is 38.9 Å². The number of imidazole rings is 2. The lowest BCUT2D eigenvalue weighted by Crippen LogP contribution is -2.25. The summed E-state index contributed by atoms with van der Waals surface area (Å²) in [5.41, 5.74) is 12.7. The fourth-order valence-corrected chi connectivity index (χ4v) is 12.7. The van der Waals surface area contributed by atoms with Gasteiger partial charge in [-0.05, 0) is 132 Å². The van der Waals surface area contributed by atoms with E-state index in [-0.39, 0.29) is 29.1 Å². The van der Waals surface area contributed by atoms with Crippen LogP contribution in [-0.4, -0.2) is 47.9 Å². The van der Waals surface area contributed by atoms with Crippen molar-refractivity contribution in [3.8, 4) is 11.1 Å². The van der Waals surface area contributed by atoms with Crippen LogP contribution in [0.1, 0.15) is 140 Å². The summed E-state index contributed by atoms with van der Waals surface area (Å²) >= 11 is 14.1. The molecular formula is C50H59Cl2N7O5. The standard InChI is InChI=1S/C50H59Cl2N7O5/c1-58-39-20-13-29(22-23-49-24-26-50(28-49,27-25-49)48(63)64)12-18-35(39)54-44(58)46(61)56-37-10-4-8-33(41(37)51)34-9-5-11-38(42(34)52)57-47(62)45-55-36-19-16-31(17-21-40(36)59(45)2)30-6-3-7-32(15-14-30)43(53)60/h4-5,8-12,30-32H,3,6-7,13-28H2,1-2H3,(H2,53,60)(H,56,61)(H,57,62)(H,63,64). The van der Waals surface area contributed by atoms with Crippen LogP contribution in [-0.2, 0) is 49.4 Å².